The number of hydrogen-bond acceptors (Lipinski definition) is 5. The highest BCUT2D eigenvalue weighted by atomic mass is 16.3. The lowest BCUT2D eigenvalue weighted by molar-refractivity contribution is -0.113. The second kappa shape index (κ2) is 6.77. The molecule has 3 aromatic rings. The number of phenols is 2. The van der Waals surface area contributed by atoms with Crippen LogP contribution in [-0.4, -0.2) is 26.3 Å². The van der Waals surface area contributed by atoms with Gasteiger partial charge in [-0.25, -0.2) is 0 Å². The van der Waals surface area contributed by atoms with Gasteiger partial charge in [-0.2, -0.15) is 5.10 Å². The number of carbonyl (C=O) groups excluding carboxylic acids is 1. The van der Waals surface area contributed by atoms with Crippen LogP contribution in [0.3, 0.4) is 0 Å². The molecule has 5 N–H and O–H groups in total. The molecule has 2 heterocycles. The van der Waals surface area contributed by atoms with Crippen molar-refractivity contribution in [3.8, 4) is 11.5 Å². The fourth-order valence-corrected chi connectivity index (χ4v) is 3.57. The Balaban J connectivity index is 1.83. The zero-order valence-electron chi connectivity index (χ0n) is 15.4. The number of anilines is 2. The molecule has 0 spiro atoms. The first-order valence-corrected chi connectivity index (χ1v) is 8.86. The third-order valence-electron chi connectivity index (χ3n) is 4.89. The Bertz CT molecular complexity index is 1090. The first-order valence-electron chi connectivity index (χ1n) is 8.86. The summed E-state index contributed by atoms with van der Waals surface area (Å²) in [4.78, 5) is 13.2. The number of allylic oxidation sites excluding steroid dienone is 1. The van der Waals surface area contributed by atoms with Crippen LogP contribution in [0.1, 0.15) is 29.7 Å². The Hall–Kier alpha value is -3.74. The highest BCUT2D eigenvalue weighted by molar-refractivity contribution is 6.07. The van der Waals surface area contributed by atoms with E-state index in [4.69, 9.17) is 0 Å². The number of aromatic nitrogens is 2. The van der Waals surface area contributed by atoms with Crippen molar-refractivity contribution < 1.29 is 15.0 Å². The van der Waals surface area contributed by atoms with Crippen molar-refractivity contribution in [1.29, 1.82) is 0 Å². The molecule has 4 rings (SSSR count). The van der Waals surface area contributed by atoms with Crippen LogP contribution in [0.5, 0.6) is 11.5 Å². The van der Waals surface area contributed by atoms with Crippen molar-refractivity contribution in [1.82, 2.24) is 10.2 Å². The van der Waals surface area contributed by atoms with Crippen molar-refractivity contribution in [2.45, 2.75) is 19.8 Å². The number of benzene rings is 2. The van der Waals surface area contributed by atoms with Crippen LogP contribution in [0.25, 0.3) is 0 Å². The zero-order chi connectivity index (χ0) is 19.8. The standard InChI is InChI=1S/C21H20N4O3/c1-11-18(21(28)23-14-6-4-3-5-7-14)19(13-8-9-15(26)16(27)10-13)17-12(2)24-25-20(17)22-11/h3-10,19,26-27H,1-2H3,(H,23,28)(H2,22,24,25)/t19-/m1/s1. The summed E-state index contributed by atoms with van der Waals surface area (Å²) in [5.74, 6) is -0.508. The summed E-state index contributed by atoms with van der Waals surface area (Å²) in [5.41, 5.74) is 4.21. The maximum absolute atomic E-state index is 13.2. The van der Waals surface area contributed by atoms with E-state index in [0.717, 1.165) is 11.3 Å². The molecule has 1 aromatic heterocycles. The number of amides is 1. The normalized spacial score (nSPS) is 15.7. The number of phenolic OH excluding ortho intramolecular Hbond substituents is 2. The zero-order valence-corrected chi connectivity index (χ0v) is 15.4. The number of hydrogen-bond donors (Lipinski definition) is 5. The molecule has 2 aromatic carbocycles. The van der Waals surface area contributed by atoms with E-state index in [1.807, 2.05) is 44.2 Å². The number of H-pyrrole nitrogens is 1. The number of nitrogens with one attached hydrogen (secondary N) is 3. The number of nitrogens with zero attached hydrogens (tertiary/aromatic N) is 1. The molecule has 28 heavy (non-hydrogen) atoms. The fraction of sp³-hybridized carbons (Fsp3) is 0.143. The van der Waals surface area contributed by atoms with E-state index >= 15 is 0 Å². The van der Waals surface area contributed by atoms with Crippen LogP contribution in [0.4, 0.5) is 11.5 Å². The average Bonchev–Trinajstić information content (AvgIpc) is 3.04. The van der Waals surface area contributed by atoms with Gasteiger partial charge in [0.25, 0.3) is 5.91 Å². The quantitative estimate of drug-likeness (QED) is 0.449. The molecule has 0 radical (unpaired) electrons. The van der Waals surface area contributed by atoms with E-state index < -0.39 is 5.92 Å². The summed E-state index contributed by atoms with van der Waals surface area (Å²) in [7, 11) is 0. The van der Waals surface area contributed by atoms with Gasteiger partial charge in [-0.3, -0.25) is 9.89 Å². The molecular weight excluding hydrogens is 356 g/mol. The summed E-state index contributed by atoms with van der Waals surface area (Å²) in [6.45, 7) is 3.70. The van der Waals surface area contributed by atoms with Gasteiger partial charge in [0.2, 0.25) is 0 Å². The van der Waals surface area contributed by atoms with Crippen LogP contribution in [0, 0.1) is 6.92 Å². The molecule has 1 atom stereocenters. The number of aromatic amines is 1. The minimum absolute atomic E-state index is 0.210. The van der Waals surface area contributed by atoms with Gasteiger partial charge in [0.1, 0.15) is 0 Å². The molecule has 142 valence electrons. The summed E-state index contributed by atoms with van der Waals surface area (Å²) < 4.78 is 0. The van der Waals surface area contributed by atoms with E-state index in [-0.39, 0.29) is 17.4 Å². The summed E-state index contributed by atoms with van der Waals surface area (Å²) >= 11 is 0. The van der Waals surface area contributed by atoms with Gasteiger partial charge in [-0.05, 0) is 43.7 Å². The van der Waals surface area contributed by atoms with E-state index in [9.17, 15) is 15.0 Å². The maximum Gasteiger partial charge on any atom is 0.254 e. The molecule has 0 bridgehead atoms. The molecule has 0 saturated heterocycles. The largest absolute Gasteiger partial charge is 0.504 e. The predicted molar refractivity (Wildman–Crippen MR) is 106 cm³/mol. The van der Waals surface area contributed by atoms with Gasteiger partial charge in [0, 0.05) is 34.1 Å². The van der Waals surface area contributed by atoms with E-state index in [1.165, 1.54) is 12.1 Å². The Morgan fingerprint density at radius 2 is 1.82 bits per heavy atom. The molecule has 1 aliphatic heterocycles. The summed E-state index contributed by atoms with van der Waals surface area (Å²) in [5, 5.41) is 33.1. The van der Waals surface area contributed by atoms with E-state index in [0.29, 0.717) is 28.3 Å². The van der Waals surface area contributed by atoms with Gasteiger partial charge in [0.05, 0.1) is 0 Å². The molecule has 7 heteroatoms. The van der Waals surface area contributed by atoms with Crippen LogP contribution in [-0.2, 0) is 4.79 Å². The van der Waals surface area contributed by atoms with E-state index in [1.54, 1.807) is 6.07 Å². The predicted octanol–water partition coefficient (Wildman–Crippen LogP) is 3.60. The molecule has 0 unspecified atom stereocenters. The average molecular weight is 376 g/mol. The number of para-hydroxylation sites is 1. The monoisotopic (exact) mass is 376 g/mol. The lowest BCUT2D eigenvalue weighted by Crippen LogP contribution is -2.27. The van der Waals surface area contributed by atoms with Crippen LogP contribution < -0.4 is 10.6 Å². The van der Waals surface area contributed by atoms with Gasteiger partial charge < -0.3 is 20.8 Å². The third kappa shape index (κ3) is 2.96. The number of fused-ring (bicyclic) bond motifs is 1. The number of carbonyl (C=O) groups is 1. The van der Waals surface area contributed by atoms with Crippen molar-refractivity contribution in [2.24, 2.45) is 0 Å². The first-order chi connectivity index (χ1) is 13.5. The van der Waals surface area contributed by atoms with Crippen molar-refractivity contribution in [3.05, 3.63) is 76.6 Å². The molecular formula is C21H20N4O3. The fourth-order valence-electron chi connectivity index (χ4n) is 3.57. The molecule has 0 fully saturated rings. The Morgan fingerprint density at radius 1 is 1.07 bits per heavy atom. The van der Waals surface area contributed by atoms with Crippen LogP contribution in [0.15, 0.2) is 59.8 Å². The summed E-state index contributed by atoms with van der Waals surface area (Å²) in [6, 6.07) is 13.8. The Labute approximate surface area is 161 Å². The topological polar surface area (TPSA) is 110 Å². The maximum atomic E-state index is 13.2. The van der Waals surface area contributed by atoms with Crippen LogP contribution >= 0.6 is 0 Å². The van der Waals surface area contributed by atoms with Crippen molar-refractivity contribution >= 4 is 17.4 Å². The van der Waals surface area contributed by atoms with E-state index in [2.05, 4.69) is 20.8 Å². The second-order valence-corrected chi connectivity index (χ2v) is 6.78. The smallest absolute Gasteiger partial charge is 0.254 e. The summed E-state index contributed by atoms with van der Waals surface area (Å²) in [6.07, 6.45) is 0. The van der Waals surface area contributed by atoms with Gasteiger partial charge >= 0.3 is 0 Å². The SMILES string of the molecule is CC1=C(C(=O)Nc2ccccc2)[C@H](c2ccc(O)c(O)c2)c2c(n[nH]c2C)N1. The van der Waals surface area contributed by atoms with Gasteiger partial charge in [-0.1, -0.05) is 24.3 Å². The third-order valence-corrected chi connectivity index (χ3v) is 4.89. The highest BCUT2D eigenvalue weighted by Crippen LogP contribution is 2.44. The van der Waals surface area contributed by atoms with Crippen molar-refractivity contribution in [2.75, 3.05) is 10.6 Å². The number of aromatic hydroxyl groups is 2. The first kappa shape index (κ1) is 17.7. The molecule has 0 aliphatic carbocycles. The Morgan fingerprint density at radius 3 is 2.54 bits per heavy atom. The lowest BCUT2D eigenvalue weighted by atomic mass is 9.81. The second-order valence-electron chi connectivity index (χ2n) is 6.78. The minimum Gasteiger partial charge on any atom is -0.504 e. The molecule has 1 amide bonds. The molecule has 0 saturated carbocycles. The Kier molecular flexibility index (Phi) is 4.27. The van der Waals surface area contributed by atoms with Crippen LogP contribution in [0.2, 0.25) is 0 Å². The minimum atomic E-state index is -0.454. The molecule has 7 nitrogen and oxygen atoms in total. The molecule has 1 aliphatic rings. The highest BCUT2D eigenvalue weighted by Gasteiger charge is 2.35. The number of aryl methyl sites for hydroxylation is 1. The van der Waals surface area contributed by atoms with Gasteiger partial charge in [-0.15, -0.1) is 0 Å². The van der Waals surface area contributed by atoms with Gasteiger partial charge in [0.15, 0.2) is 17.3 Å². The number of rotatable bonds is 3. The lowest BCUT2D eigenvalue weighted by Gasteiger charge is -2.28. The van der Waals surface area contributed by atoms with Crippen molar-refractivity contribution in [3.63, 3.8) is 0 Å².